The number of amides is 1. The first-order valence-electron chi connectivity index (χ1n) is 8.55. The van der Waals surface area contributed by atoms with Gasteiger partial charge in [-0.15, -0.1) is 0 Å². The number of hydrogen-bond acceptors (Lipinski definition) is 4. The van der Waals surface area contributed by atoms with Gasteiger partial charge in [0.15, 0.2) is 0 Å². The van der Waals surface area contributed by atoms with Crippen molar-refractivity contribution in [2.75, 3.05) is 13.6 Å². The van der Waals surface area contributed by atoms with Crippen LogP contribution in [0.5, 0.6) is 0 Å². The predicted molar refractivity (Wildman–Crippen MR) is 91.2 cm³/mol. The lowest BCUT2D eigenvalue weighted by Crippen LogP contribution is -2.38. The van der Waals surface area contributed by atoms with Crippen LogP contribution in [0.25, 0.3) is 11.5 Å². The standard InChI is InChI=1S/C19H24N2O3/c1-21(12-15-9-5-6-10-17(15)22)18(23)11-16-13-24-19(20-16)14-7-3-2-4-8-14/h2-4,7-8,13,15,17,22H,5-6,9-12H2,1H3. The molecule has 128 valence electrons. The molecule has 1 amide bonds. The van der Waals surface area contributed by atoms with E-state index in [4.69, 9.17) is 4.42 Å². The normalized spacial score (nSPS) is 20.8. The van der Waals surface area contributed by atoms with Crippen LogP contribution in [-0.4, -0.2) is 40.6 Å². The van der Waals surface area contributed by atoms with Crippen LogP contribution in [0.2, 0.25) is 0 Å². The van der Waals surface area contributed by atoms with Crippen LogP contribution in [0.3, 0.4) is 0 Å². The molecule has 0 radical (unpaired) electrons. The van der Waals surface area contributed by atoms with Crippen LogP contribution in [-0.2, 0) is 11.2 Å². The van der Waals surface area contributed by atoms with E-state index in [1.54, 1.807) is 18.2 Å². The van der Waals surface area contributed by atoms with Gasteiger partial charge < -0.3 is 14.4 Å². The second-order valence-corrected chi connectivity index (χ2v) is 6.57. The number of benzene rings is 1. The number of likely N-dealkylation sites (N-methyl/N-ethyl adjacent to an activating group) is 1. The number of oxazole rings is 1. The molecule has 2 unspecified atom stereocenters. The summed E-state index contributed by atoms with van der Waals surface area (Å²) in [4.78, 5) is 18.5. The third-order valence-corrected chi connectivity index (χ3v) is 4.71. The molecule has 1 aromatic heterocycles. The van der Waals surface area contributed by atoms with Crippen LogP contribution < -0.4 is 0 Å². The van der Waals surface area contributed by atoms with E-state index in [1.807, 2.05) is 30.3 Å². The number of carbonyl (C=O) groups is 1. The van der Waals surface area contributed by atoms with E-state index in [-0.39, 0.29) is 24.3 Å². The summed E-state index contributed by atoms with van der Waals surface area (Å²) < 4.78 is 5.48. The highest BCUT2D eigenvalue weighted by atomic mass is 16.3. The van der Waals surface area contributed by atoms with Gasteiger partial charge in [-0.05, 0) is 25.0 Å². The highest BCUT2D eigenvalue weighted by Gasteiger charge is 2.25. The molecule has 2 atom stereocenters. The van der Waals surface area contributed by atoms with E-state index in [9.17, 15) is 9.90 Å². The summed E-state index contributed by atoms with van der Waals surface area (Å²) in [7, 11) is 1.79. The molecule has 1 aliphatic rings. The lowest BCUT2D eigenvalue weighted by Gasteiger charge is -2.31. The van der Waals surface area contributed by atoms with Gasteiger partial charge in [-0.2, -0.15) is 0 Å². The maximum Gasteiger partial charge on any atom is 0.228 e. The van der Waals surface area contributed by atoms with Crippen LogP contribution in [0.4, 0.5) is 0 Å². The minimum absolute atomic E-state index is 0.000634. The molecule has 5 heteroatoms. The van der Waals surface area contributed by atoms with Gasteiger partial charge in [0, 0.05) is 25.1 Å². The van der Waals surface area contributed by atoms with Gasteiger partial charge in [0.05, 0.1) is 18.2 Å². The molecule has 5 nitrogen and oxygen atoms in total. The van der Waals surface area contributed by atoms with Gasteiger partial charge in [-0.1, -0.05) is 31.0 Å². The van der Waals surface area contributed by atoms with Crippen molar-refractivity contribution in [2.45, 2.75) is 38.2 Å². The topological polar surface area (TPSA) is 66.6 Å². The molecule has 1 N–H and O–H groups in total. The third-order valence-electron chi connectivity index (χ3n) is 4.71. The predicted octanol–water partition coefficient (Wildman–Crippen LogP) is 2.89. The first-order chi connectivity index (χ1) is 11.6. The van der Waals surface area contributed by atoms with Gasteiger partial charge >= 0.3 is 0 Å². The fraction of sp³-hybridized carbons (Fsp3) is 0.474. The van der Waals surface area contributed by atoms with Crippen LogP contribution in [0.1, 0.15) is 31.4 Å². The smallest absolute Gasteiger partial charge is 0.228 e. The average molecular weight is 328 g/mol. The summed E-state index contributed by atoms with van der Waals surface area (Å²) >= 11 is 0. The van der Waals surface area contributed by atoms with Crippen LogP contribution in [0, 0.1) is 5.92 Å². The molecule has 0 spiro atoms. The first kappa shape index (κ1) is 16.7. The Kier molecular flexibility index (Phi) is 5.30. The van der Waals surface area contributed by atoms with Crippen LogP contribution in [0.15, 0.2) is 41.0 Å². The van der Waals surface area contributed by atoms with Crippen molar-refractivity contribution >= 4 is 5.91 Å². The molecule has 1 aliphatic carbocycles. The molecule has 3 rings (SSSR count). The zero-order chi connectivity index (χ0) is 16.9. The maximum atomic E-state index is 12.4. The zero-order valence-electron chi connectivity index (χ0n) is 14.0. The summed E-state index contributed by atoms with van der Waals surface area (Å²) in [6.45, 7) is 0.601. The van der Waals surface area contributed by atoms with Crippen molar-refractivity contribution in [3.05, 3.63) is 42.3 Å². The lowest BCUT2D eigenvalue weighted by atomic mass is 9.86. The van der Waals surface area contributed by atoms with Crippen molar-refractivity contribution in [1.82, 2.24) is 9.88 Å². The Morgan fingerprint density at radius 2 is 2.04 bits per heavy atom. The lowest BCUT2D eigenvalue weighted by molar-refractivity contribution is -0.130. The van der Waals surface area contributed by atoms with Gasteiger partial charge in [0.25, 0.3) is 0 Å². The summed E-state index contributed by atoms with van der Waals surface area (Å²) in [5.41, 5.74) is 1.53. The van der Waals surface area contributed by atoms with Crippen molar-refractivity contribution in [3.63, 3.8) is 0 Å². The summed E-state index contributed by atoms with van der Waals surface area (Å²) in [6.07, 6.45) is 5.52. The Hall–Kier alpha value is -2.14. The van der Waals surface area contributed by atoms with Gasteiger partial charge in [0.1, 0.15) is 6.26 Å². The Labute approximate surface area is 142 Å². The number of aliphatic hydroxyl groups excluding tert-OH is 1. The molecule has 1 saturated carbocycles. The van der Waals surface area contributed by atoms with Crippen molar-refractivity contribution in [2.24, 2.45) is 5.92 Å². The number of hydrogen-bond donors (Lipinski definition) is 1. The molecule has 1 fully saturated rings. The Balaban J connectivity index is 1.57. The molecule has 1 heterocycles. The fourth-order valence-electron chi connectivity index (χ4n) is 3.25. The van der Waals surface area contributed by atoms with Gasteiger partial charge in [-0.25, -0.2) is 4.98 Å². The van der Waals surface area contributed by atoms with E-state index in [1.165, 1.54) is 0 Å². The number of rotatable bonds is 5. The van der Waals surface area contributed by atoms with E-state index in [0.717, 1.165) is 31.2 Å². The third kappa shape index (κ3) is 4.03. The van der Waals surface area contributed by atoms with Crippen molar-refractivity contribution < 1.29 is 14.3 Å². The number of nitrogens with zero attached hydrogens (tertiary/aromatic N) is 2. The Morgan fingerprint density at radius 3 is 2.79 bits per heavy atom. The molecule has 0 aliphatic heterocycles. The van der Waals surface area contributed by atoms with E-state index >= 15 is 0 Å². The number of aliphatic hydroxyl groups is 1. The first-order valence-corrected chi connectivity index (χ1v) is 8.55. The second kappa shape index (κ2) is 7.62. The quantitative estimate of drug-likeness (QED) is 0.916. The minimum Gasteiger partial charge on any atom is -0.444 e. The minimum atomic E-state index is -0.286. The molecule has 0 bridgehead atoms. The highest BCUT2D eigenvalue weighted by Crippen LogP contribution is 2.25. The summed E-state index contributed by atoms with van der Waals surface area (Å²) in [6, 6.07) is 9.63. The van der Waals surface area contributed by atoms with Gasteiger partial charge in [0.2, 0.25) is 11.8 Å². The Morgan fingerprint density at radius 1 is 1.29 bits per heavy atom. The number of aromatic nitrogens is 1. The SMILES string of the molecule is CN(CC1CCCCC1O)C(=O)Cc1coc(-c2ccccc2)n1. The molecule has 1 aromatic carbocycles. The summed E-state index contributed by atoms with van der Waals surface area (Å²) in [5.74, 6) is 0.717. The molecule has 24 heavy (non-hydrogen) atoms. The molecule has 0 saturated heterocycles. The summed E-state index contributed by atoms with van der Waals surface area (Å²) in [5, 5.41) is 10.1. The zero-order valence-corrected chi connectivity index (χ0v) is 14.0. The number of carbonyl (C=O) groups excluding carboxylic acids is 1. The van der Waals surface area contributed by atoms with E-state index in [2.05, 4.69) is 4.98 Å². The molecular weight excluding hydrogens is 304 g/mol. The molecular formula is C19H24N2O3. The van der Waals surface area contributed by atoms with Gasteiger partial charge in [-0.3, -0.25) is 4.79 Å². The van der Waals surface area contributed by atoms with E-state index < -0.39 is 0 Å². The maximum absolute atomic E-state index is 12.4. The monoisotopic (exact) mass is 328 g/mol. The van der Waals surface area contributed by atoms with Crippen molar-refractivity contribution in [1.29, 1.82) is 0 Å². The fourth-order valence-corrected chi connectivity index (χ4v) is 3.25. The van der Waals surface area contributed by atoms with Crippen molar-refractivity contribution in [3.8, 4) is 11.5 Å². The molecule has 2 aromatic rings. The Bertz CT molecular complexity index is 668. The van der Waals surface area contributed by atoms with E-state index in [0.29, 0.717) is 18.1 Å². The van der Waals surface area contributed by atoms with Crippen LogP contribution >= 0.6 is 0 Å². The second-order valence-electron chi connectivity index (χ2n) is 6.57. The highest BCUT2D eigenvalue weighted by molar-refractivity contribution is 5.78. The largest absolute Gasteiger partial charge is 0.444 e. The average Bonchev–Trinajstić information content (AvgIpc) is 3.06.